The first kappa shape index (κ1) is 24.2. The van der Waals surface area contributed by atoms with E-state index in [2.05, 4.69) is 39.4 Å². The molecule has 0 aliphatic carbocycles. The van der Waals surface area contributed by atoms with Crippen LogP contribution in [0.25, 0.3) is 0 Å². The lowest BCUT2D eigenvalue weighted by atomic mass is 10.1. The average molecular weight is 508 g/mol. The van der Waals surface area contributed by atoms with Crippen molar-refractivity contribution in [3.63, 3.8) is 0 Å². The summed E-state index contributed by atoms with van der Waals surface area (Å²) in [6.07, 6.45) is 2.14. The van der Waals surface area contributed by atoms with Crippen molar-refractivity contribution in [2.24, 2.45) is 4.99 Å². The molecule has 1 unspecified atom stereocenters. The van der Waals surface area contributed by atoms with Gasteiger partial charge in [0.15, 0.2) is 5.96 Å². The molecule has 1 aliphatic rings. The van der Waals surface area contributed by atoms with Crippen LogP contribution in [-0.4, -0.2) is 81.3 Å². The van der Waals surface area contributed by atoms with Crippen LogP contribution in [0.4, 0.5) is 0 Å². The molecule has 1 atom stereocenters. The number of hydrogen-bond donors (Lipinski definition) is 1. The Morgan fingerprint density at radius 3 is 2.48 bits per heavy atom. The van der Waals surface area contributed by atoms with Gasteiger partial charge in [-0.1, -0.05) is 6.92 Å². The van der Waals surface area contributed by atoms with Crippen molar-refractivity contribution >= 4 is 41.7 Å². The smallest absolute Gasteiger partial charge is 0.193 e. The maximum atomic E-state index is 5.50. The van der Waals surface area contributed by atoms with Crippen molar-refractivity contribution in [3.05, 3.63) is 23.8 Å². The average Bonchev–Trinajstić information content (AvgIpc) is 2.69. The summed E-state index contributed by atoms with van der Waals surface area (Å²) in [5, 5.41) is 4.07. The Bertz CT molecular complexity index is 595. The summed E-state index contributed by atoms with van der Waals surface area (Å²) in [6, 6.07) is 5.98. The third-order valence-electron chi connectivity index (χ3n) is 4.72. The van der Waals surface area contributed by atoms with E-state index in [0.29, 0.717) is 5.25 Å². The van der Waals surface area contributed by atoms with E-state index in [9.17, 15) is 0 Å². The Kier molecular flexibility index (Phi) is 11.2. The zero-order valence-corrected chi connectivity index (χ0v) is 20.2. The van der Waals surface area contributed by atoms with Crippen molar-refractivity contribution in [1.29, 1.82) is 0 Å². The second-order valence-electron chi connectivity index (χ2n) is 6.42. The van der Waals surface area contributed by atoms with Crippen LogP contribution in [0.3, 0.4) is 0 Å². The minimum Gasteiger partial charge on any atom is -0.497 e. The fraction of sp³-hybridized carbons (Fsp3) is 0.632. The van der Waals surface area contributed by atoms with Gasteiger partial charge in [-0.2, -0.15) is 11.8 Å². The molecule has 0 saturated carbocycles. The third kappa shape index (κ3) is 7.23. The molecule has 0 radical (unpaired) electrons. The van der Waals surface area contributed by atoms with E-state index in [1.165, 1.54) is 0 Å². The van der Waals surface area contributed by atoms with Gasteiger partial charge in [-0.3, -0.25) is 9.89 Å². The molecule has 154 valence electrons. The molecular weight excluding hydrogens is 475 g/mol. The Morgan fingerprint density at radius 1 is 1.22 bits per heavy atom. The molecule has 6 nitrogen and oxygen atoms in total. The molecule has 1 N–H and O–H groups in total. The van der Waals surface area contributed by atoms with Gasteiger partial charge >= 0.3 is 0 Å². The van der Waals surface area contributed by atoms with Crippen molar-refractivity contribution in [3.8, 4) is 11.5 Å². The zero-order valence-electron chi connectivity index (χ0n) is 17.0. The largest absolute Gasteiger partial charge is 0.497 e. The standard InChI is InChI=1S/C19H32N4O2S.HI/c1-15(26-5)13-21-19(20-2)23-10-8-22(9-11-23)14-16-12-17(24-3)6-7-18(16)25-4;/h6-7,12,15H,8-11,13-14H2,1-5H3,(H,20,21);1H. The first-order chi connectivity index (χ1) is 12.6. The highest BCUT2D eigenvalue weighted by molar-refractivity contribution is 14.0. The number of guanidine groups is 1. The second-order valence-corrected chi connectivity index (χ2v) is 7.69. The summed E-state index contributed by atoms with van der Waals surface area (Å²) in [5.41, 5.74) is 1.16. The minimum absolute atomic E-state index is 0. The maximum absolute atomic E-state index is 5.50. The van der Waals surface area contributed by atoms with Gasteiger partial charge in [-0.05, 0) is 24.5 Å². The molecule has 1 saturated heterocycles. The summed E-state index contributed by atoms with van der Waals surface area (Å²) in [6.45, 7) is 7.97. The molecule has 1 aromatic rings. The lowest BCUT2D eigenvalue weighted by Gasteiger charge is -2.37. The highest BCUT2D eigenvalue weighted by atomic mass is 127. The van der Waals surface area contributed by atoms with Crippen molar-refractivity contribution in [2.45, 2.75) is 18.7 Å². The van der Waals surface area contributed by atoms with Gasteiger partial charge in [0.1, 0.15) is 11.5 Å². The van der Waals surface area contributed by atoms with Gasteiger partial charge in [0.05, 0.1) is 14.2 Å². The second kappa shape index (κ2) is 12.6. The summed E-state index contributed by atoms with van der Waals surface area (Å²) in [4.78, 5) is 9.23. The Labute approximate surface area is 185 Å². The predicted octanol–water partition coefficient (Wildman–Crippen LogP) is 2.77. The van der Waals surface area contributed by atoms with Crippen LogP contribution in [0.5, 0.6) is 11.5 Å². The summed E-state index contributed by atoms with van der Waals surface area (Å²) in [7, 11) is 5.27. The van der Waals surface area contributed by atoms with Gasteiger partial charge in [0.25, 0.3) is 0 Å². The fourth-order valence-electron chi connectivity index (χ4n) is 3.01. The molecular formula is C19H33IN4O2S. The normalized spacial score (nSPS) is 16.5. The van der Waals surface area contributed by atoms with Crippen LogP contribution in [-0.2, 0) is 6.54 Å². The molecule has 27 heavy (non-hydrogen) atoms. The lowest BCUT2D eigenvalue weighted by molar-refractivity contribution is 0.171. The van der Waals surface area contributed by atoms with Gasteiger partial charge in [-0.15, -0.1) is 24.0 Å². The van der Waals surface area contributed by atoms with E-state index < -0.39 is 0 Å². The van der Waals surface area contributed by atoms with E-state index in [1.807, 2.05) is 30.9 Å². The zero-order chi connectivity index (χ0) is 18.9. The number of rotatable bonds is 7. The number of nitrogens with one attached hydrogen (secondary N) is 1. The Balaban J connectivity index is 0.00000364. The SMILES string of the molecule is CN=C(NCC(C)SC)N1CCN(Cc2cc(OC)ccc2OC)CC1.I. The van der Waals surface area contributed by atoms with Gasteiger partial charge in [0, 0.05) is 57.1 Å². The Morgan fingerprint density at radius 2 is 1.93 bits per heavy atom. The number of methoxy groups -OCH3 is 2. The third-order valence-corrected chi connectivity index (χ3v) is 5.69. The van der Waals surface area contributed by atoms with Gasteiger partial charge < -0.3 is 19.7 Å². The number of benzene rings is 1. The molecule has 8 heteroatoms. The topological polar surface area (TPSA) is 49.3 Å². The molecule has 1 fully saturated rings. The first-order valence-corrected chi connectivity index (χ1v) is 10.3. The van der Waals surface area contributed by atoms with E-state index in [-0.39, 0.29) is 24.0 Å². The van der Waals surface area contributed by atoms with Crippen LogP contribution < -0.4 is 14.8 Å². The van der Waals surface area contributed by atoms with Crippen molar-refractivity contribution in [2.75, 3.05) is 60.2 Å². The molecule has 0 amide bonds. The van der Waals surface area contributed by atoms with Crippen LogP contribution in [0.1, 0.15) is 12.5 Å². The number of hydrogen-bond acceptors (Lipinski definition) is 5. The van der Waals surface area contributed by atoms with Crippen LogP contribution in [0.15, 0.2) is 23.2 Å². The molecule has 2 rings (SSSR count). The molecule has 1 aliphatic heterocycles. The minimum atomic E-state index is 0. The highest BCUT2D eigenvalue weighted by Gasteiger charge is 2.21. The monoisotopic (exact) mass is 508 g/mol. The molecule has 0 aromatic heterocycles. The molecule has 0 bridgehead atoms. The van der Waals surface area contributed by atoms with Crippen LogP contribution >= 0.6 is 35.7 Å². The van der Waals surface area contributed by atoms with E-state index in [4.69, 9.17) is 9.47 Å². The Hall–Kier alpha value is -0.870. The number of ether oxygens (including phenoxy) is 2. The molecule has 1 heterocycles. The summed E-state index contributed by atoms with van der Waals surface area (Å²) < 4.78 is 10.9. The van der Waals surface area contributed by atoms with E-state index >= 15 is 0 Å². The predicted molar refractivity (Wildman–Crippen MR) is 126 cm³/mol. The number of aliphatic imine (C=N–C) groups is 1. The number of nitrogens with zero attached hydrogens (tertiary/aromatic N) is 3. The van der Waals surface area contributed by atoms with Gasteiger partial charge in [0.2, 0.25) is 0 Å². The lowest BCUT2D eigenvalue weighted by Crippen LogP contribution is -2.52. The summed E-state index contributed by atoms with van der Waals surface area (Å²) in [5.74, 6) is 2.79. The van der Waals surface area contributed by atoms with Crippen LogP contribution in [0, 0.1) is 0 Å². The quantitative estimate of drug-likeness (QED) is 0.348. The van der Waals surface area contributed by atoms with Gasteiger partial charge in [-0.25, -0.2) is 0 Å². The van der Waals surface area contributed by atoms with E-state index in [1.54, 1.807) is 14.2 Å². The van der Waals surface area contributed by atoms with E-state index in [0.717, 1.165) is 62.3 Å². The van der Waals surface area contributed by atoms with Crippen molar-refractivity contribution in [1.82, 2.24) is 15.1 Å². The molecule has 0 spiro atoms. The summed E-state index contributed by atoms with van der Waals surface area (Å²) >= 11 is 1.87. The first-order valence-electron chi connectivity index (χ1n) is 9.03. The number of halogens is 1. The molecule has 1 aromatic carbocycles. The highest BCUT2D eigenvalue weighted by Crippen LogP contribution is 2.25. The number of piperazine rings is 1. The maximum Gasteiger partial charge on any atom is 0.193 e. The van der Waals surface area contributed by atoms with Crippen LogP contribution in [0.2, 0.25) is 0 Å². The van der Waals surface area contributed by atoms with Crippen molar-refractivity contribution < 1.29 is 9.47 Å². The number of thioether (sulfide) groups is 1. The fourth-order valence-corrected chi connectivity index (χ4v) is 3.26.